The van der Waals surface area contributed by atoms with Gasteiger partial charge >= 0.3 is 11.9 Å². The Hall–Kier alpha value is -3.40. The largest absolute Gasteiger partial charge is 0.465 e. The fraction of sp³-hybridized carbons (Fsp3) is 0.273. The van der Waals surface area contributed by atoms with Gasteiger partial charge in [-0.25, -0.2) is 19.0 Å². The number of carbonyl (C=O) groups excluding carboxylic acids is 3. The molecule has 1 unspecified atom stereocenters. The number of benzene rings is 1. The van der Waals surface area contributed by atoms with Crippen molar-refractivity contribution in [3.05, 3.63) is 64.5 Å². The van der Waals surface area contributed by atoms with Crippen molar-refractivity contribution in [2.75, 3.05) is 13.4 Å². The highest BCUT2D eigenvalue weighted by molar-refractivity contribution is 7.98. The Labute approximate surface area is 188 Å². The van der Waals surface area contributed by atoms with Crippen molar-refractivity contribution >= 4 is 29.5 Å². The van der Waals surface area contributed by atoms with Crippen LogP contribution in [-0.2, 0) is 9.47 Å². The highest BCUT2D eigenvalue weighted by Gasteiger charge is 2.29. The first-order valence-corrected chi connectivity index (χ1v) is 10.8. The molecule has 0 saturated heterocycles. The molecule has 0 aliphatic heterocycles. The lowest BCUT2D eigenvalue weighted by atomic mass is 10.1. The maximum Gasteiger partial charge on any atom is 0.357 e. The van der Waals surface area contributed by atoms with Crippen molar-refractivity contribution in [2.24, 2.45) is 0 Å². The zero-order valence-corrected chi connectivity index (χ0v) is 19.0. The van der Waals surface area contributed by atoms with Crippen molar-refractivity contribution in [3.63, 3.8) is 0 Å². The Morgan fingerprint density at radius 2 is 1.81 bits per heavy atom. The van der Waals surface area contributed by atoms with E-state index in [1.165, 1.54) is 60.8 Å². The Balaban J connectivity index is 1.87. The maximum absolute atomic E-state index is 13.3. The van der Waals surface area contributed by atoms with Gasteiger partial charge in [0, 0.05) is 11.4 Å². The molecule has 0 saturated carbocycles. The number of thioether (sulfide) groups is 1. The fourth-order valence-electron chi connectivity index (χ4n) is 3.34. The van der Waals surface area contributed by atoms with Crippen LogP contribution in [0.2, 0.25) is 0 Å². The minimum Gasteiger partial charge on any atom is -0.465 e. The minimum atomic E-state index is -1.14. The lowest BCUT2D eigenvalue weighted by Gasteiger charge is -2.14. The van der Waals surface area contributed by atoms with Gasteiger partial charge in [-0.2, -0.15) is 0 Å². The summed E-state index contributed by atoms with van der Waals surface area (Å²) in [5, 5.41) is 0.501. The number of aromatic nitrogens is 3. The van der Waals surface area contributed by atoms with Crippen molar-refractivity contribution in [3.8, 4) is 5.69 Å². The van der Waals surface area contributed by atoms with Crippen LogP contribution >= 0.6 is 11.8 Å². The SMILES string of the molecule is COC(=O)c1c(C)[nH]c(C(=O)C(C)OC(=O)c2cnc(SC)n2-c2ccc(F)cc2)c1C. The van der Waals surface area contributed by atoms with Crippen LogP contribution in [0.1, 0.15) is 49.5 Å². The van der Waals surface area contributed by atoms with Crippen LogP contribution < -0.4 is 0 Å². The molecule has 2 aromatic heterocycles. The number of Topliss-reactive ketones (excluding diaryl/α,β-unsaturated/α-hetero) is 1. The molecule has 0 bridgehead atoms. The summed E-state index contributed by atoms with van der Waals surface area (Å²) in [6.45, 7) is 4.71. The average molecular weight is 459 g/mol. The number of aryl methyl sites for hydroxylation is 1. The third kappa shape index (κ3) is 4.31. The molecule has 1 atom stereocenters. The molecule has 0 radical (unpaired) electrons. The number of carbonyl (C=O) groups is 3. The molecule has 0 aliphatic rings. The van der Waals surface area contributed by atoms with Gasteiger partial charge in [-0.05, 0) is 56.9 Å². The summed E-state index contributed by atoms with van der Waals surface area (Å²) in [7, 11) is 1.26. The molecule has 1 N–H and O–H groups in total. The molecule has 0 aliphatic carbocycles. The molecule has 3 aromatic rings. The Morgan fingerprint density at radius 3 is 2.41 bits per heavy atom. The normalized spacial score (nSPS) is 11.8. The number of nitrogens with zero attached hydrogens (tertiary/aromatic N) is 2. The summed E-state index contributed by atoms with van der Waals surface area (Å²) in [5.41, 5.74) is 1.96. The molecule has 10 heteroatoms. The van der Waals surface area contributed by atoms with Crippen LogP contribution in [0.25, 0.3) is 5.69 Å². The highest BCUT2D eigenvalue weighted by Crippen LogP contribution is 2.24. The Bertz CT molecular complexity index is 1180. The van der Waals surface area contributed by atoms with Crippen LogP contribution in [0.15, 0.2) is 35.6 Å². The van der Waals surface area contributed by atoms with Gasteiger partial charge in [0.1, 0.15) is 5.82 Å². The van der Waals surface area contributed by atoms with E-state index in [4.69, 9.17) is 9.47 Å². The number of nitrogens with one attached hydrogen (secondary N) is 1. The predicted molar refractivity (Wildman–Crippen MR) is 116 cm³/mol. The standard InChI is InChI=1S/C22H22FN3O5S/c1-11-17(21(29)30-4)12(2)25-18(11)19(27)13(3)31-20(28)16-10-24-22(32-5)26(16)15-8-6-14(23)7-9-15/h6-10,13,25H,1-5H3. The predicted octanol–water partition coefficient (Wildman–Crippen LogP) is 3.89. The molecule has 1 aromatic carbocycles. The van der Waals surface area contributed by atoms with E-state index in [0.717, 1.165) is 0 Å². The number of esters is 2. The van der Waals surface area contributed by atoms with Crippen molar-refractivity contribution in [2.45, 2.75) is 32.0 Å². The maximum atomic E-state index is 13.3. The number of ketones is 1. The third-order valence-electron chi connectivity index (χ3n) is 4.93. The summed E-state index contributed by atoms with van der Waals surface area (Å²) < 4.78 is 25.0. The summed E-state index contributed by atoms with van der Waals surface area (Å²) in [4.78, 5) is 44.9. The fourth-order valence-corrected chi connectivity index (χ4v) is 3.89. The van der Waals surface area contributed by atoms with Gasteiger partial charge in [0.15, 0.2) is 17.0 Å². The quantitative estimate of drug-likeness (QED) is 0.325. The molecule has 32 heavy (non-hydrogen) atoms. The Morgan fingerprint density at radius 1 is 1.16 bits per heavy atom. The second kappa shape index (κ2) is 9.39. The molecular weight excluding hydrogens is 437 g/mol. The third-order valence-corrected chi connectivity index (χ3v) is 5.59. The molecule has 168 valence electrons. The number of imidazole rings is 1. The topological polar surface area (TPSA) is 103 Å². The van der Waals surface area contributed by atoms with E-state index in [0.29, 0.717) is 22.1 Å². The zero-order chi connectivity index (χ0) is 23.6. The van der Waals surface area contributed by atoms with Crippen LogP contribution in [0.5, 0.6) is 0 Å². The van der Waals surface area contributed by atoms with Gasteiger partial charge in [-0.1, -0.05) is 11.8 Å². The van der Waals surface area contributed by atoms with E-state index in [2.05, 4.69) is 9.97 Å². The van der Waals surface area contributed by atoms with Gasteiger partial charge in [-0.15, -0.1) is 0 Å². The second-order valence-electron chi connectivity index (χ2n) is 6.97. The summed E-state index contributed by atoms with van der Waals surface area (Å²) in [5.74, 6) is -2.23. The first kappa shape index (κ1) is 23.3. The summed E-state index contributed by atoms with van der Waals surface area (Å²) in [6.07, 6.45) is 1.99. The van der Waals surface area contributed by atoms with Crippen molar-refractivity contribution in [1.82, 2.24) is 14.5 Å². The number of halogens is 1. The number of H-pyrrole nitrogens is 1. The first-order chi connectivity index (χ1) is 15.2. The molecule has 3 rings (SSSR count). The van der Waals surface area contributed by atoms with Gasteiger partial charge in [0.25, 0.3) is 0 Å². The van der Waals surface area contributed by atoms with Gasteiger partial charge in [-0.3, -0.25) is 9.36 Å². The van der Waals surface area contributed by atoms with Crippen molar-refractivity contribution in [1.29, 1.82) is 0 Å². The zero-order valence-electron chi connectivity index (χ0n) is 18.2. The van der Waals surface area contributed by atoms with Crippen LogP contribution in [0.4, 0.5) is 4.39 Å². The minimum absolute atomic E-state index is 0.0928. The van der Waals surface area contributed by atoms with E-state index >= 15 is 0 Å². The lowest BCUT2D eigenvalue weighted by molar-refractivity contribution is 0.0308. The number of aromatic amines is 1. The van der Waals surface area contributed by atoms with E-state index in [1.54, 1.807) is 20.1 Å². The number of ether oxygens (including phenoxy) is 2. The molecular formula is C22H22FN3O5S. The second-order valence-corrected chi connectivity index (χ2v) is 7.74. The Kier molecular flexibility index (Phi) is 6.83. The van der Waals surface area contributed by atoms with E-state index in [-0.39, 0.29) is 17.0 Å². The van der Waals surface area contributed by atoms with Crippen LogP contribution in [-0.4, -0.2) is 51.7 Å². The van der Waals surface area contributed by atoms with Crippen molar-refractivity contribution < 1.29 is 28.2 Å². The smallest absolute Gasteiger partial charge is 0.357 e. The summed E-state index contributed by atoms with van der Waals surface area (Å²) in [6, 6.07) is 5.58. The number of rotatable bonds is 7. The molecule has 0 fully saturated rings. The first-order valence-electron chi connectivity index (χ1n) is 9.59. The van der Waals surface area contributed by atoms with Crippen LogP contribution in [0.3, 0.4) is 0 Å². The molecule has 2 heterocycles. The number of methoxy groups -OCH3 is 1. The van der Waals surface area contributed by atoms with Crippen LogP contribution in [0, 0.1) is 19.7 Å². The van der Waals surface area contributed by atoms with E-state index in [1.807, 2.05) is 0 Å². The highest BCUT2D eigenvalue weighted by atomic mass is 32.2. The van der Waals surface area contributed by atoms with Gasteiger partial charge in [0.2, 0.25) is 5.78 Å². The van der Waals surface area contributed by atoms with E-state index < -0.39 is 29.6 Å². The van der Waals surface area contributed by atoms with Gasteiger partial charge < -0.3 is 14.5 Å². The molecule has 0 amide bonds. The number of hydrogen-bond donors (Lipinski definition) is 1. The van der Waals surface area contributed by atoms with Gasteiger partial charge in [0.05, 0.1) is 24.6 Å². The number of hydrogen-bond acceptors (Lipinski definition) is 7. The average Bonchev–Trinajstić information content (AvgIpc) is 3.33. The summed E-state index contributed by atoms with van der Waals surface area (Å²) >= 11 is 1.30. The lowest BCUT2D eigenvalue weighted by Crippen LogP contribution is -2.26. The molecule has 8 nitrogen and oxygen atoms in total. The van der Waals surface area contributed by atoms with E-state index in [9.17, 15) is 18.8 Å². The monoisotopic (exact) mass is 459 g/mol. The molecule has 0 spiro atoms.